The number of nitrogens with zero attached hydrogens (tertiary/aromatic N) is 1. The van der Waals surface area contributed by atoms with E-state index in [0.29, 0.717) is 17.2 Å². The van der Waals surface area contributed by atoms with Gasteiger partial charge in [0.05, 0.1) is 12.8 Å². The Morgan fingerprint density at radius 1 is 1.31 bits per heavy atom. The minimum absolute atomic E-state index is 0.153. The third-order valence-corrected chi connectivity index (χ3v) is 2.24. The summed E-state index contributed by atoms with van der Waals surface area (Å²) in [6.45, 7) is 4.15. The maximum atomic E-state index is 8.78. The van der Waals surface area contributed by atoms with Gasteiger partial charge in [-0.2, -0.15) is 0 Å². The summed E-state index contributed by atoms with van der Waals surface area (Å²) >= 11 is 0. The van der Waals surface area contributed by atoms with Crippen LogP contribution in [0.25, 0.3) is 0 Å². The minimum Gasteiger partial charge on any atom is -0.493 e. The van der Waals surface area contributed by atoms with Gasteiger partial charge in [0.25, 0.3) is 0 Å². The highest BCUT2D eigenvalue weighted by molar-refractivity contribution is 5.87. The van der Waals surface area contributed by atoms with Crippen molar-refractivity contribution in [3.63, 3.8) is 0 Å². The second-order valence-corrected chi connectivity index (χ2v) is 3.69. The number of oxime groups is 1. The van der Waals surface area contributed by atoms with Crippen LogP contribution in [0.2, 0.25) is 0 Å². The maximum Gasteiger partial charge on any atom is 0.161 e. The van der Waals surface area contributed by atoms with E-state index in [2.05, 4.69) is 5.16 Å². The number of ether oxygens (including phenoxy) is 2. The molecule has 4 nitrogen and oxygen atoms in total. The first-order valence-corrected chi connectivity index (χ1v) is 5.15. The lowest BCUT2D eigenvalue weighted by Crippen LogP contribution is -2.17. The van der Waals surface area contributed by atoms with E-state index >= 15 is 0 Å². The molecule has 0 heterocycles. The van der Waals surface area contributed by atoms with E-state index in [0.717, 1.165) is 0 Å². The lowest BCUT2D eigenvalue weighted by Gasteiger charge is -2.12. The Morgan fingerprint density at radius 2 is 1.94 bits per heavy atom. The van der Waals surface area contributed by atoms with Crippen molar-refractivity contribution < 1.29 is 14.7 Å². The van der Waals surface area contributed by atoms with Crippen molar-refractivity contribution >= 4 is 5.71 Å². The van der Waals surface area contributed by atoms with Crippen LogP contribution < -0.4 is 9.47 Å². The van der Waals surface area contributed by atoms with Gasteiger partial charge in [-0.3, -0.25) is 0 Å². The molecular formula is C12H17NO3. The zero-order chi connectivity index (χ0) is 12.0. The Labute approximate surface area is 95.5 Å². The molecule has 1 aromatic carbocycles. The second-order valence-electron chi connectivity index (χ2n) is 3.69. The first kappa shape index (κ1) is 12.4. The number of hydrogen-bond acceptors (Lipinski definition) is 4. The van der Waals surface area contributed by atoms with Gasteiger partial charge in [0.1, 0.15) is 6.61 Å². The number of methoxy groups -OCH3 is 1. The molecule has 0 saturated heterocycles. The SMILES string of the molecule is COc1ccccc1OCC(=NO)C(C)C. The van der Waals surface area contributed by atoms with Gasteiger partial charge in [0.15, 0.2) is 11.5 Å². The zero-order valence-corrected chi connectivity index (χ0v) is 9.80. The summed E-state index contributed by atoms with van der Waals surface area (Å²) in [4.78, 5) is 0. The van der Waals surface area contributed by atoms with Gasteiger partial charge in [0.2, 0.25) is 0 Å². The molecule has 0 aliphatic carbocycles. The molecule has 0 amide bonds. The Morgan fingerprint density at radius 3 is 2.44 bits per heavy atom. The molecule has 1 aromatic rings. The van der Waals surface area contributed by atoms with Crippen molar-refractivity contribution in [2.24, 2.45) is 11.1 Å². The number of hydrogen-bond donors (Lipinski definition) is 1. The lowest BCUT2D eigenvalue weighted by molar-refractivity contribution is 0.296. The fourth-order valence-corrected chi connectivity index (χ4v) is 1.20. The van der Waals surface area contributed by atoms with E-state index in [-0.39, 0.29) is 12.5 Å². The van der Waals surface area contributed by atoms with Crippen LogP contribution in [0.4, 0.5) is 0 Å². The molecule has 0 atom stereocenters. The molecule has 0 spiro atoms. The average Bonchev–Trinajstić information content (AvgIpc) is 2.30. The predicted octanol–water partition coefficient (Wildman–Crippen LogP) is 2.56. The van der Waals surface area contributed by atoms with Gasteiger partial charge < -0.3 is 14.7 Å². The normalized spacial score (nSPS) is 11.6. The lowest BCUT2D eigenvalue weighted by atomic mass is 10.1. The van der Waals surface area contributed by atoms with Crippen LogP contribution >= 0.6 is 0 Å². The van der Waals surface area contributed by atoms with Crippen LogP contribution in [0.1, 0.15) is 13.8 Å². The quantitative estimate of drug-likeness (QED) is 0.474. The Kier molecular flexibility index (Phi) is 4.64. The smallest absolute Gasteiger partial charge is 0.161 e. The fraction of sp³-hybridized carbons (Fsp3) is 0.417. The molecule has 4 heteroatoms. The molecule has 0 aliphatic rings. The van der Waals surface area contributed by atoms with Gasteiger partial charge in [-0.1, -0.05) is 31.1 Å². The molecule has 0 aliphatic heterocycles. The largest absolute Gasteiger partial charge is 0.493 e. The summed E-state index contributed by atoms with van der Waals surface area (Å²) in [5, 5.41) is 12.0. The van der Waals surface area contributed by atoms with Crippen molar-refractivity contribution in [1.29, 1.82) is 0 Å². The van der Waals surface area contributed by atoms with Gasteiger partial charge in [-0.25, -0.2) is 0 Å². The van der Waals surface area contributed by atoms with Gasteiger partial charge >= 0.3 is 0 Å². The van der Waals surface area contributed by atoms with Crippen molar-refractivity contribution in [3.8, 4) is 11.5 Å². The first-order valence-electron chi connectivity index (χ1n) is 5.15. The highest BCUT2D eigenvalue weighted by atomic mass is 16.5. The number of benzene rings is 1. The molecule has 0 aromatic heterocycles. The third kappa shape index (κ3) is 3.15. The molecule has 0 saturated carbocycles. The topological polar surface area (TPSA) is 51.0 Å². The Hall–Kier alpha value is -1.71. The van der Waals surface area contributed by atoms with Crippen molar-refractivity contribution in [1.82, 2.24) is 0 Å². The zero-order valence-electron chi connectivity index (χ0n) is 9.80. The highest BCUT2D eigenvalue weighted by Gasteiger charge is 2.09. The molecule has 0 bridgehead atoms. The number of para-hydroxylation sites is 2. The van der Waals surface area contributed by atoms with Crippen molar-refractivity contribution in [2.45, 2.75) is 13.8 Å². The molecule has 1 N–H and O–H groups in total. The fourth-order valence-electron chi connectivity index (χ4n) is 1.20. The third-order valence-electron chi connectivity index (χ3n) is 2.24. The first-order chi connectivity index (χ1) is 7.69. The average molecular weight is 223 g/mol. The predicted molar refractivity (Wildman–Crippen MR) is 62.5 cm³/mol. The van der Waals surface area contributed by atoms with E-state index in [1.807, 2.05) is 38.1 Å². The summed E-state index contributed by atoms with van der Waals surface area (Å²) in [5.74, 6) is 1.47. The maximum absolute atomic E-state index is 8.78. The Bertz CT molecular complexity index is 361. The molecular weight excluding hydrogens is 206 g/mol. The molecule has 1 rings (SSSR count). The second kappa shape index (κ2) is 6.00. The van der Waals surface area contributed by atoms with Crippen LogP contribution in [0.5, 0.6) is 11.5 Å². The standard InChI is InChI=1S/C12H17NO3/c1-9(2)10(13-14)8-16-12-7-5-4-6-11(12)15-3/h4-7,9,14H,8H2,1-3H3. The van der Waals surface area contributed by atoms with Crippen LogP contribution in [0.3, 0.4) is 0 Å². The molecule has 0 unspecified atom stereocenters. The van der Waals surface area contributed by atoms with Crippen molar-refractivity contribution in [2.75, 3.05) is 13.7 Å². The summed E-state index contributed by atoms with van der Waals surface area (Å²) in [5.41, 5.74) is 0.603. The summed E-state index contributed by atoms with van der Waals surface area (Å²) in [6, 6.07) is 7.37. The monoisotopic (exact) mass is 223 g/mol. The molecule has 16 heavy (non-hydrogen) atoms. The van der Waals surface area contributed by atoms with Gasteiger partial charge in [-0.05, 0) is 18.1 Å². The van der Waals surface area contributed by atoms with Crippen molar-refractivity contribution in [3.05, 3.63) is 24.3 Å². The van der Waals surface area contributed by atoms with Crippen LogP contribution in [-0.4, -0.2) is 24.6 Å². The molecule has 0 fully saturated rings. The van der Waals surface area contributed by atoms with Crippen LogP contribution in [0, 0.1) is 5.92 Å². The number of rotatable bonds is 5. The minimum atomic E-state index is 0.153. The Balaban J connectivity index is 2.67. The molecule has 0 radical (unpaired) electrons. The van der Waals surface area contributed by atoms with E-state index in [1.54, 1.807) is 7.11 Å². The highest BCUT2D eigenvalue weighted by Crippen LogP contribution is 2.25. The van der Waals surface area contributed by atoms with Crippen LogP contribution in [0.15, 0.2) is 29.4 Å². The van der Waals surface area contributed by atoms with E-state index in [4.69, 9.17) is 14.7 Å². The van der Waals surface area contributed by atoms with E-state index in [9.17, 15) is 0 Å². The molecule has 88 valence electrons. The van der Waals surface area contributed by atoms with Crippen LogP contribution in [-0.2, 0) is 0 Å². The summed E-state index contributed by atoms with van der Waals surface area (Å²) in [7, 11) is 1.59. The van der Waals surface area contributed by atoms with E-state index < -0.39 is 0 Å². The van der Waals surface area contributed by atoms with Gasteiger partial charge in [0, 0.05) is 0 Å². The van der Waals surface area contributed by atoms with Gasteiger partial charge in [-0.15, -0.1) is 0 Å². The van der Waals surface area contributed by atoms with E-state index in [1.165, 1.54) is 0 Å². The summed E-state index contributed by atoms with van der Waals surface area (Å²) in [6.07, 6.45) is 0. The summed E-state index contributed by atoms with van der Waals surface area (Å²) < 4.78 is 10.7.